The molecule has 172 valence electrons. The summed E-state index contributed by atoms with van der Waals surface area (Å²) in [5, 5.41) is 22.3. The van der Waals surface area contributed by atoms with Gasteiger partial charge in [0, 0.05) is 11.4 Å². The Labute approximate surface area is 189 Å². The van der Waals surface area contributed by atoms with Gasteiger partial charge in [-0.3, -0.25) is 4.98 Å². The molecule has 2 unspecified atom stereocenters. The first kappa shape index (κ1) is 22.6. The highest BCUT2D eigenvalue weighted by atomic mass is 32.2. The predicted molar refractivity (Wildman–Crippen MR) is 119 cm³/mol. The van der Waals surface area contributed by atoms with Crippen molar-refractivity contribution in [2.45, 2.75) is 68.6 Å². The lowest BCUT2D eigenvalue weighted by Crippen LogP contribution is -2.30. The van der Waals surface area contributed by atoms with Crippen LogP contribution in [0, 0.1) is 0 Å². The molecule has 4 rings (SSSR count). The molecule has 0 saturated carbocycles. The molecule has 2 aromatic heterocycles. The van der Waals surface area contributed by atoms with E-state index in [1.165, 1.54) is 13.8 Å². The lowest BCUT2D eigenvalue weighted by Gasteiger charge is -2.15. The van der Waals surface area contributed by atoms with Crippen LogP contribution in [0.1, 0.15) is 67.1 Å². The summed E-state index contributed by atoms with van der Waals surface area (Å²) < 4.78 is 18.9. The number of aliphatic hydroxyl groups is 1. The van der Waals surface area contributed by atoms with Crippen molar-refractivity contribution in [2.24, 2.45) is 4.36 Å². The van der Waals surface area contributed by atoms with Crippen LogP contribution in [-0.2, 0) is 34.8 Å². The van der Waals surface area contributed by atoms with E-state index in [9.17, 15) is 24.0 Å². The summed E-state index contributed by atoms with van der Waals surface area (Å²) in [5.41, 5.74) is 3.24. The van der Waals surface area contributed by atoms with E-state index in [-0.39, 0.29) is 9.22 Å². The van der Waals surface area contributed by atoms with Crippen LogP contribution in [0.15, 0.2) is 14.8 Å². The van der Waals surface area contributed by atoms with Crippen molar-refractivity contribution in [3.05, 3.63) is 33.7 Å². The number of nitrogens with one attached hydrogen (secondary N) is 2. The molecule has 2 atom stereocenters. The molecule has 2 aliphatic carbocycles. The first-order valence-corrected chi connectivity index (χ1v) is 12.6. The number of carboxylic acid groups (broad SMARTS) is 1. The van der Waals surface area contributed by atoms with Gasteiger partial charge in [0.15, 0.2) is 9.92 Å². The van der Waals surface area contributed by atoms with Crippen LogP contribution in [-0.4, -0.2) is 36.5 Å². The number of carbonyl (C=O) groups is 2. The molecule has 0 aromatic carbocycles. The molecule has 2 aliphatic rings. The quantitative estimate of drug-likeness (QED) is 0.523. The van der Waals surface area contributed by atoms with Gasteiger partial charge < -0.3 is 15.5 Å². The lowest BCUT2D eigenvalue weighted by molar-refractivity contribution is 0.0783. The van der Waals surface area contributed by atoms with Gasteiger partial charge in [0.1, 0.15) is 14.8 Å². The van der Waals surface area contributed by atoms with Gasteiger partial charge in [-0.25, -0.2) is 23.5 Å². The fraction of sp³-hybridized carbons (Fsp3) is 0.500. The molecule has 0 bridgehead atoms. The Kier molecular flexibility index (Phi) is 5.72. The third-order valence-corrected chi connectivity index (χ3v) is 9.16. The highest BCUT2D eigenvalue weighted by Crippen LogP contribution is 2.41. The first-order chi connectivity index (χ1) is 15.0. The number of aromatic nitrogens is 2. The second-order valence-electron chi connectivity index (χ2n) is 8.57. The number of nitrogens with zero attached hydrogens (tertiary/aromatic N) is 3. The van der Waals surface area contributed by atoms with Crippen molar-refractivity contribution in [2.75, 3.05) is 5.32 Å². The molecule has 12 heteroatoms. The van der Waals surface area contributed by atoms with Crippen LogP contribution in [0.2, 0.25) is 0 Å². The molecule has 4 N–H and O–H groups in total. The SMILES string of the molecule is CC1CCc2c1nc1c(c2NC(=O)N=S(=O)(NC(=O)O)c2cnc(C(C)(C)O)s2)CCC1. The lowest BCUT2D eigenvalue weighted by atomic mass is 10.0. The molecule has 0 radical (unpaired) electrons. The third-order valence-electron chi connectivity index (χ3n) is 5.60. The van der Waals surface area contributed by atoms with E-state index in [0.29, 0.717) is 11.6 Å². The standard InChI is InChI=1S/C20H25N5O5S2/c1-10-7-8-12-15(10)22-13-6-4-5-11(13)16(12)23-18(26)24-32(30,25-19(27)28)14-9-21-17(31-14)20(2,3)29/h9-10,29H,4-8H2,1-3H3,(H,27,28)(H2,22,23,24,25,26,30). The topological polar surface area (TPSA) is 154 Å². The molecular formula is C20H25N5O5S2. The zero-order valence-electron chi connectivity index (χ0n) is 18.0. The highest BCUT2D eigenvalue weighted by Gasteiger charge is 2.31. The van der Waals surface area contributed by atoms with E-state index in [1.54, 1.807) is 0 Å². The molecule has 0 spiro atoms. The molecule has 32 heavy (non-hydrogen) atoms. The number of fused-ring (bicyclic) bond motifs is 2. The van der Waals surface area contributed by atoms with Gasteiger partial charge in [0.25, 0.3) is 0 Å². The highest BCUT2D eigenvalue weighted by molar-refractivity contribution is 7.94. The van der Waals surface area contributed by atoms with Gasteiger partial charge in [0.05, 0.1) is 11.9 Å². The minimum Gasteiger partial charge on any atom is -0.464 e. The maximum absolute atomic E-state index is 13.4. The summed E-state index contributed by atoms with van der Waals surface area (Å²) in [6.45, 7) is 5.10. The van der Waals surface area contributed by atoms with Gasteiger partial charge in [-0.15, -0.1) is 15.7 Å². The smallest absolute Gasteiger partial charge is 0.417 e. The van der Waals surface area contributed by atoms with Crippen molar-refractivity contribution >= 4 is 39.1 Å². The number of thiazole rings is 1. The number of amides is 3. The number of carbonyl (C=O) groups excluding carboxylic acids is 1. The Morgan fingerprint density at radius 2 is 2.03 bits per heavy atom. The van der Waals surface area contributed by atoms with Crippen LogP contribution in [0.5, 0.6) is 0 Å². The van der Waals surface area contributed by atoms with Crippen molar-refractivity contribution in [3.63, 3.8) is 0 Å². The Morgan fingerprint density at radius 1 is 1.28 bits per heavy atom. The summed E-state index contributed by atoms with van der Waals surface area (Å²) in [7, 11) is -3.87. The third kappa shape index (κ3) is 4.21. The number of pyridine rings is 1. The monoisotopic (exact) mass is 479 g/mol. The van der Waals surface area contributed by atoms with Crippen LogP contribution in [0.4, 0.5) is 15.3 Å². The second-order valence-corrected chi connectivity index (χ2v) is 11.7. The zero-order chi connectivity index (χ0) is 23.3. The maximum atomic E-state index is 13.4. The summed E-state index contributed by atoms with van der Waals surface area (Å²) in [4.78, 5) is 33.0. The zero-order valence-corrected chi connectivity index (χ0v) is 19.6. The average Bonchev–Trinajstić information content (AvgIpc) is 3.40. The largest absolute Gasteiger partial charge is 0.464 e. The normalized spacial score (nSPS) is 19.1. The van der Waals surface area contributed by atoms with E-state index in [0.717, 1.165) is 72.2 Å². The molecule has 2 aromatic rings. The van der Waals surface area contributed by atoms with Gasteiger partial charge in [-0.05, 0) is 63.0 Å². The predicted octanol–water partition coefficient (Wildman–Crippen LogP) is 3.55. The van der Waals surface area contributed by atoms with Crippen LogP contribution in [0.3, 0.4) is 0 Å². The molecule has 10 nitrogen and oxygen atoms in total. The second kappa shape index (κ2) is 8.09. The van der Waals surface area contributed by atoms with Crippen molar-refractivity contribution in [1.29, 1.82) is 0 Å². The first-order valence-electron chi connectivity index (χ1n) is 10.3. The van der Waals surface area contributed by atoms with Gasteiger partial charge in [0.2, 0.25) is 0 Å². The molecule has 0 aliphatic heterocycles. The van der Waals surface area contributed by atoms with Crippen molar-refractivity contribution in [3.8, 4) is 0 Å². The molecule has 3 amide bonds. The van der Waals surface area contributed by atoms with Crippen molar-refractivity contribution in [1.82, 2.24) is 14.7 Å². The Balaban J connectivity index is 1.73. The average molecular weight is 480 g/mol. The molecule has 0 saturated heterocycles. The van der Waals surface area contributed by atoms with E-state index in [1.807, 2.05) is 4.72 Å². The summed E-state index contributed by atoms with van der Waals surface area (Å²) in [5.74, 6) is 0.291. The molecule has 2 heterocycles. The minimum atomic E-state index is -3.87. The number of aryl methyl sites for hydroxylation is 1. The molecular weight excluding hydrogens is 454 g/mol. The fourth-order valence-electron chi connectivity index (χ4n) is 4.11. The summed E-state index contributed by atoms with van der Waals surface area (Å²) in [6.07, 6.45) is 3.85. The van der Waals surface area contributed by atoms with E-state index in [2.05, 4.69) is 21.6 Å². The summed E-state index contributed by atoms with van der Waals surface area (Å²) in [6, 6.07) is -0.913. The van der Waals surface area contributed by atoms with Gasteiger partial charge in [-0.2, -0.15) is 0 Å². The van der Waals surface area contributed by atoms with E-state index in [4.69, 9.17) is 4.98 Å². The van der Waals surface area contributed by atoms with E-state index < -0.39 is 27.6 Å². The Morgan fingerprint density at radius 3 is 2.69 bits per heavy atom. The minimum absolute atomic E-state index is 0.0639. The molecule has 0 fully saturated rings. The number of urea groups is 1. The number of hydrogen-bond donors (Lipinski definition) is 4. The van der Waals surface area contributed by atoms with Crippen LogP contribution < -0.4 is 10.0 Å². The number of hydrogen-bond acceptors (Lipinski definition) is 7. The Bertz CT molecular complexity index is 1220. The van der Waals surface area contributed by atoms with Gasteiger partial charge >= 0.3 is 12.1 Å². The van der Waals surface area contributed by atoms with Gasteiger partial charge in [-0.1, -0.05) is 6.92 Å². The fourth-order valence-corrected chi connectivity index (χ4v) is 6.63. The van der Waals surface area contributed by atoms with Crippen LogP contribution in [0.25, 0.3) is 0 Å². The van der Waals surface area contributed by atoms with Crippen LogP contribution >= 0.6 is 11.3 Å². The van der Waals surface area contributed by atoms with E-state index >= 15 is 0 Å². The summed E-state index contributed by atoms with van der Waals surface area (Å²) >= 11 is 0.831. The number of anilines is 1. The van der Waals surface area contributed by atoms with Crippen molar-refractivity contribution < 1.29 is 24.0 Å². The number of rotatable bonds is 4. The Hall–Kier alpha value is -2.57. The maximum Gasteiger partial charge on any atom is 0.417 e.